The van der Waals surface area contributed by atoms with Crippen LogP contribution in [0.1, 0.15) is 12.1 Å². The normalized spacial score (nSPS) is 28.8. The van der Waals surface area contributed by atoms with Crippen molar-refractivity contribution >= 4 is 5.82 Å². The third kappa shape index (κ3) is 1.13. The molecule has 0 unspecified atom stereocenters. The van der Waals surface area contributed by atoms with Gasteiger partial charge >= 0.3 is 0 Å². The molecule has 0 amide bonds. The fraction of sp³-hybridized carbons (Fsp3) is 0.364. The summed E-state index contributed by atoms with van der Waals surface area (Å²) in [6.45, 7) is 1.99. The van der Waals surface area contributed by atoms with Gasteiger partial charge in [0.25, 0.3) is 0 Å². The number of hydroxylamine groups is 1. The van der Waals surface area contributed by atoms with E-state index in [-0.39, 0.29) is 6.10 Å². The molecule has 2 atom stereocenters. The first-order valence-electron chi connectivity index (χ1n) is 4.91. The molecule has 0 spiro atoms. The summed E-state index contributed by atoms with van der Waals surface area (Å²) in [6.07, 6.45) is 5.65. The van der Waals surface area contributed by atoms with E-state index in [1.807, 2.05) is 30.2 Å². The molecule has 3 nitrogen and oxygen atoms in total. The Hall–Kier alpha value is -1.35. The van der Waals surface area contributed by atoms with Crippen LogP contribution in [-0.2, 0) is 4.84 Å². The van der Waals surface area contributed by atoms with Gasteiger partial charge in [0.15, 0.2) is 5.82 Å². The highest BCUT2D eigenvalue weighted by Crippen LogP contribution is 2.32. The number of hydrogen-bond acceptors (Lipinski definition) is 3. The van der Waals surface area contributed by atoms with E-state index in [0.29, 0.717) is 6.04 Å². The molecule has 2 aliphatic rings. The summed E-state index contributed by atoms with van der Waals surface area (Å²) >= 11 is 0. The fourth-order valence-corrected chi connectivity index (χ4v) is 2.00. The Kier molecular flexibility index (Phi) is 1.61. The average molecular weight is 188 g/mol. The molecule has 1 aliphatic heterocycles. The molecule has 1 aliphatic carbocycles. The standard InChI is InChI=1S/C11H12N2O/c1-8-3-2-4-11(12-8)13-9-5-6-10(7-9)14-13/h2-6,9-10H,7H2,1H3/t9-,10+/m1/s1. The minimum absolute atomic E-state index is 0.266. The van der Waals surface area contributed by atoms with Gasteiger partial charge in [-0.15, -0.1) is 0 Å². The summed E-state index contributed by atoms with van der Waals surface area (Å²) in [4.78, 5) is 10.1. The molecule has 3 heteroatoms. The number of nitrogens with zero attached hydrogens (tertiary/aromatic N) is 2. The van der Waals surface area contributed by atoms with E-state index >= 15 is 0 Å². The van der Waals surface area contributed by atoms with Crippen molar-refractivity contribution in [3.05, 3.63) is 36.0 Å². The number of fused-ring (bicyclic) bond motifs is 2. The van der Waals surface area contributed by atoms with Crippen molar-refractivity contribution < 1.29 is 4.84 Å². The van der Waals surface area contributed by atoms with E-state index in [1.54, 1.807) is 0 Å². The number of anilines is 1. The predicted molar refractivity (Wildman–Crippen MR) is 53.9 cm³/mol. The summed E-state index contributed by atoms with van der Waals surface area (Å²) < 4.78 is 0. The lowest BCUT2D eigenvalue weighted by Gasteiger charge is -2.23. The molecule has 3 rings (SSSR count). The Balaban J connectivity index is 1.93. The molecule has 1 aromatic heterocycles. The van der Waals surface area contributed by atoms with Crippen LogP contribution in [0.3, 0.4) is 0 Å². The largest absolute Gasteiger partial charge is 0.264 e. The molecule has 0 saturated carbocycles. The molecule has 0 radical (unpaired) electrons. The maximum absolute atomic E-state index is 5.69. The number of hydrogen-bond donors (Lipinski definition) is 0. The van der Waals surface area contributed by atoms with Gasteiger partial charge in [0.05, 0.1) is 6.04 Å². The van der Waals surface area contributed by atoms with Crippen LogP contribution in [0.4, 0.5) is 5.82 Å². The van der Waals surface area contributed by atoms with Gasteiger partial charge in [-0.1, -0.05) is 18.2 Å². The Labute approximate surface area is 83.0 Å². The van der Waals surface area contributed by atoms with Gasteiger partial charge < -0.3 is 0 Å². The summed E-state index contributed by atoms with van der Waals surface area (Å²) in [6, 6.07) is 6.38. The number of aromatic nitrogens is 1. The zero-order chi connectivity index (χ0) is 9.54. The molecule has 2 heterocycles. The van der Waals surface area contributed by atoms with E-state index in [9.17, 15) is 0 Å². The lowest BCUT2D eigenvalue weighted by atomic mass is 10.2. The second kappa shape index (κ2) is 2.82. The quantitative estimate of drug-likeness (QED) is 0.629. The Morgan fingerprint density at radius 3 is 3.00 bits per heavy atom. The third-order valence-corrected chi connectivity index (χ3v) is 2.67. The first-order chi connectivity index (χ1) is 6.83. The van der Waals surface area contributed by atoms with Crippen molar-refractivity contribution in [3.8, 4) is 0 Å². The van der Waals surface area contributed by atoms with E-state index in [2.05, 4.69) is 17.1 Å². The topological polar surface area (TPSA) is 25.4 Å². The van der Waals surface area contributed by atoms with Crippen molar-refractivity contribution in [3.63, 3.8) is 0 Å². The van der Waals surface area contributed by atoms with Crippen LogP contribution in [0.15, 0.2) is 30.4 Å². The van der Waals surface area contributed by atoms with E-state index < -0.39 is 0 Å². The van der Waals surface area contributed by atoms with E-state index in [0.717, 1.165) is 17.9 Å². The highest BCUT2D eigenvalue weighted by Gasteiger charge is 2.35. The van der Waals surface area contributed by atoms with Gasteiger partial charge in [-0.2, -0.15) is 0 Å². The minimum Gasteiger partial charge on any atom is -0.264 e. The first kappa shape index (κ1) is 8.00. The van der Waals surface area contributed by atoms with Crippen LogP contribution < -0.4 is 5.06 Å². The zero-order valence-electron chi connectivity index (χ0n) is 8.05. The van der Waals surface area contributed by atoms with Crippen LogP contribution in [0, 0.1) is 6.92 Å². The molecular weight excluding hydrogens is 176 g/mol. The van der Waals surface area contributed by atoms with Crippen LogP contribution in [0.25, 0.3) is 0 Å². The SMILES string of the molecule is Cc1cccc(N2O[C@H]3C=C[C@@H]2C3)n1. The lowest BCUT2D eigenvalue weighted by molar-refractivity contribution is 0.108. The maximum atomic E-state index is 5.69. The van der Waals surface area contributed by atoms with Crippen molar-refractivity contribution in [1.29, 1.82) is 0 Å². The Bertz CT molecular complexity index is 389. The number of pyridine rings is 1. The highest BCUT2D eigenvalue weighted by atomic mass is 16.7. The molecular formula is C11H12N2O. The zero-order valence-corrected chi connectivity index (χ0v) is 8.05. The number of aryl methyl sites for hydroxylation is 1. The van der Waals surface area contributed by atoms with Crippen molar-refractivity contribution in [2.75, 3.05) is 5.06 Å². The third-order valence-electron chi connectivity index (χ3n) is 2.67. The molecule has 14 heavy (non-hydrogen) atoms. The second-order valence-corrected chi connectivity index (χ2v) is 3.79. The number of rotatable bonds is 1. The maximum Gasteiger partial charge on any atom is 0.153 e. The van der Waals surface area contributed by atoms with Crippen LogP contribution in [0.5, 0.6) is 0 Å². The summed E-state index contributed by atoms with van der Waals surface area (Å²) in [5, 5.41) is 1.91. The van der Waals surface area contributed by atoms with Crippen LogP contribution >= 0.6 is 0 Å². The molecule has 1 saturated heterocycles. The van der Waals surface area contributed by atoms with E-state index in [4.69, 9.17) is 4.84 Å². The van der Waals surface area contributed by atoms with Crippen LogP contribution in [-0.4, -0.2) is 17.1 Å². The van der Waals surface area contributed by atoms with Crippen molar-refractivity contribution in [1.82, 2.24) is 4.98 Å². The average Bonchev–Trinajstić information content (AvgIpc) is 2.78. The molecule has 2 bridgehead atoms. The summed E-state index contributed by atoms with van der Waals surface area (Å²) in [7, 11) is 0. The molecule has 0 aromatic carbocycles. The van der Waals surface area contributed by atoms with Crippen LogP contribution in [0.2, 0.25) is 0 Å². The second-order valence-electron chi connectivity index (χ2n) is 3.79. The lowest BCUT2D eigenvalue weighted by Crippen LogP contribution is -2.28. The molecule has 1 fully saturated rings. The predicted octanol–water partition coefficient (Wildman–Crippen LogP) is 1.84. The van der Waals surface area contributed by atoms with Gasteiger partial charge in [0.2, 0.25) is 0 Å². The molecule has 0 N–H and O–H groups in total. The highest BCUT2D eigenvalue weighted by molar-refractivity contribution is 5.42. The Morgan fingerprint density at radius 1 is 1.43 bits per heavy atom. The molecule has 1 aromatic rings. The summed E-state index contributed by atoms with van der Waals surface area (Å²) in [5.41, 5.74) is 1.03. The van der Waals surface area contributed by atoms with Gasteiger partial charge in [0.1, 0.15) is 6.10 Å². The van der Waals surface area contributed by atoms with Gasteiger partial charge in [0, 0.05) is 12.1 Å². The summed E-state index contributed by atoms with van der Waals surface area (Å²) in [5.74, 6) is 0.918. The first-order valence-corrected chi connectivity index (χ1v) is 4.91. The van der Waals surface area contributed by atoms with Gasteiger partial charge in [-0.05, 0) is 19.1 Å². The van der Waals surface area contributed by atoms with Gasteiger partial charge in [-0.3, -0.25) is 4.84 Å². The fourth-order valence-electron chi connectivity index (χ4n) is 2.00. The van der Waals surface area contributed by atoms with Gasteiger partial charge in [-0.25, -0.2) is 10.0 Å². The van der Waals surface area contributed by atoms with Crippen molar-refractivity contribution in [2.24, 2.45) is 0 Å². The Morgan fingerprint density at radius 2 is 2.36 bits per heavy atom. The monoisotopic (exact) mass is 188 g/mol. The smallest absolute Gasteiger partial charge is 0.153 e. The van der Waals surface area contributed by atoms with E-state index in [1.165, 1.54) is 0 Å². The van der Waals surface area contributed by atoms with Crippen molar-refractivity contribution in [2.45, 2.75) is 25.5 Å². The molecule has 72 valence electrons. The minimum atomic E-state index is 0.266.